The molecular weight excluding hydrogens is 420 g/mol. The number of carbonyl (C=O) groups excluding carboxylic acids is 1. The summed E-state index contributed by atoms with van der Waals surface area (Å²) in [4.78, 5) is 12.4. The van der Waals surface area contributed by atoms with Crippen LogP contribution in [0.5, 0.6) is 5.75 Å². The van der Waals surface area contributed by atoms with E-state index in [9.17, 15) is 13.2 Å². The molecule has 8 heteroatoms. The van der Waals surface area contributed by atoms with Crippen LogP contribution < -0.4 is 10.1 Å². The van der Waals surface area contributed by atoms with E-state index in [0.29, 0.717) is 11.4 Å². The van der Waals surface area contributed by atoms with Crippen LogP contribution in [-0.2, 0) is 14.8 Å². The highest BCUT2D eigenvalue weighted by Gasteiger charge is 2.20. The zero-order valence-electron chi connectivity index (χ0n) is 15.0. The summed E-state index contributed by atoms with van der Waals surface area (Å²) in [5.74, 6) is 0.183. The van der Waals surface area contributed by atoms with Crippen molar-refractivity contribution in [3.05, 3.63) is 52.0 Å². The number of nitrogens with zero attached hydrogens (tertiary/aromatic N) is 1. The molecular formula is C18H21BrN2O4S. The van der Waals surface area contributed by atoms with Gasteiger partial charge in [-0.3, -0.25) is 4.79 Å². The highest BCUT2D eigenvalue weighted by Crippen LogP contribution is 2.26. The van der Waals surface area contributed by atoms with E-state index in [2.05, 4.69) is 21.2 Å². The summed E-state index contributed by atoms with van der Waals surface area (Å²) >= 11 is 3.35. The number of anilines is 1. The second kappa shape index (κ2) is 8.20. The summed E-state index contributed by atoms with van der Waals surface area (Å²) in [6.07, 6.45) is 0. The molecule has 1 N–H and O–H groups in total. The summed E-state index contributed by atoms with van der Waals surface area (Å²) < 4.78 is 32.1. The smallest absolute Gasteiger partial charge is 0.262 e. The van der Waals surface area contributed by atoms with E-state index in [0.717, 1.165) is 19.9 Å². The Morgan fingerprint density at radius 3 is 2.46 bits per heavy atom. The summed E-state index contributed by atoms with van der Waals surface area (Å²) in [6.45, 7) is 3.44. The fraction of sp³-hybridized carbons (Fsp3) is 0.278. The van der Waals surface area contributed by atoms with Gasteiger partial charge in [-0.05, 0) is 65.2 Å². The van der Waals surface area contributed by atoms with Crippen LogP contribution in [0.2, 0.25) is 0 Å². The molecule has 0 radical (unpaired) electrons. The average Bonchev–Trinajstić information content (AvgIpc) is 2.57. The largest absolute Gasteiger partial charge is 0.483 e. The van der Waals surface area contributed by atoms with Crippen LogP contribution in [0.15, 0.2) is 45.8 Å². The molecule has 0 aliphatic carbocycles. The molecule has 140 valence electrons. The predicted octanol–water partition coefficient (Wildman–Crippen LogP) is 3.33. The van der Waals surface area contributed by atoms with Gasteiger partial charge in [0, 0.05) is 19.8 Å². The lowest BCUT2D eigenvalue weighted by Crippen LogP contribution is -2.24. The quantitative estimate of drug-likeness (QED) is 0.746. The highest BCUT2D eigenvalue weighted by molar-refractivity contribution is 9.10. The van der Waals surface area contributed by atoms with Gasteiger partial charge in [-0.15, -0.1) is 0 Å². The first-order chi connectivity index (χ1) is 12.1. The Bertz CT molecular complexity index is 927. The molecule has 0 fully saturated rings. The molecule has 0 aliphatic rings. The van der Waals surface area contributed by atoms with Crippen molar-refractivity contribution in [3.63, 3.8) is 0 Å². The Kier molecular flexibility index (Phi) is 6.44. The van der Waals surface area contributed by atoms with Crippen molar-refractivity contribution in [2.24, 2.45) is 0 Å². The number of hydrogen-bond acceptors (Lipinski definition) is 4. The monoisotopic (exact) mass is 440 g/mol. The number of carbonyl (C=O) groups is 1. The number of hydrogen-bond donors (Lipinski definition) is 1. The van der Waals surface area contributed by atoms with E-state index in [1.165, 1.54) is 20.2 Å². The molecule has 0 saturated carbocycles. The first-order valence-corrected chi connectivity index (χ1v) is 10.1. The minimum Gasteiger partial charge on any atom is -0.483 e. The van der Waals surface area contributed by atoms with Gasteiger partial charge in [-0.1, -0.05) is 12.1 Å². The lowest BCUT2D eigenvalue weighted by atomic mass is 10.1. The van der Waals surface area contributed by atoms with Crippen molar-refractivity contribution in [2.45, 2.75) is 18.7 Å². The minimum atomic E-state index is -3.59. The zero-order valence-corrected chi connectivity index (χ0v) is 17.4. The molecule has 0 bridgehead atoms. The molecule has 2 aromatic rings. The van der Waals surface area contributed by atoms with Crippen LogP contribution in [0, 0.1) is 13.8 Å². The third-order valence-electron chi connectivity index (χ3n) is 3.89. The number of rotatable bonds is 6. The number of nitrogens with one attached hydrogen (secondary N) is 1. The fourth-order valence-electron chi connectivity index (χ4n) is 2.21. The van der Waals surface area contributed by atoms with Crippen molar-refractivity contribution in [3.8, 4) is 5.75 Å². The predicted molar refractivity (Wildman–Crippen MR) is 105 cm³/mol. The number of halogens is 1. The van der Waals surface area contributed by atoms with Gasteiger partial charge in [0.1, 0.15) is 5.75 Å². The van der Waals surface area contributed by atoms with Crippen LogP contribution in [0.25, 0.3) is 0 Å². The van der Waals surface area contributed by atoms with Crippen molar-refractivity contribution < 1.29 is 17.9 Å². The maximum atomic E-state index is 12.4. The summed E-state index contributed by atoms with van der Waals surface area (Å²) in [7, 11) is -0.658. The van der Waals surface area contributed by atoms with Gasteiger partial charge >= 0.3 is 0 Å². The first-order valence-electron chi connectivity index (χ1n) is 7.84. The molecule has 26 heavy (non-hydrogen) atoms. The molecule has 0 spiro atoms. The number of amides is 1. The Labute approximate surface area is 162 Å². The van der Waals surface area contributed by atoms with E-state index in [-0.39, 0.29) is 17.4 Å². The molecule has 2 rings (SSSR count). The molecule has 0 saturated heterocycles. The van der Waals surface area contributed by atoms with Gasteiger partial charge < -0.3 is 10.1 Å². The van der Waals surface area contributed by atoms with E-state index >= 15 is 0 Å². The lowest BCUT2D eigenvalue weighted by Gasteiger charge is -2.16. The molecule has 0 atom stereocenters. The van der Waals surface area contributed by atoms with Crippen molar-refractivity contribution in [1.29, 1.82) is 0 Å². The van der Waals surface area contributed by atoms with Gasteiger partial charge in [0.25, 0.3) is 5.91 Å². The molecule has 1 amide bonds. The first kappa shape index (κ1) is 20.4. The Morgan fingerprint density at radius 2 is 1.85 bits per heavy atom. The van der Waals surface area contributed by atoms with Crippen LogP contribution in [0.3, 0.4) is 0 Å². The lowest BCUT2D eigenvalue weighted by molar-refractivity contribution is -0.118. The topological polar surface area (TPSA) is 75.7 Å². The minimum absolute atomic E-state index is 0.132. The van der Waals surface area contributed by atoms with E-state index in [1.807, 2.05) is 19.1 Å². The van der Waals surface area contributed by atoms with Crippen LogP contribution in [-0.4, -0.2) is 39.3 Å². The highest BCUT2D eigenvalue weighted by atomic mass is 79.9. The average molecular weight is 441 g/mol. The van der Waals surface area contributed by atoms with Gasteiger partial charge in [0.05, 0.1) is 9.37 Å². The van der Waals surface area contributed by atoms with Crippen LogP contribution in [0.1, 0.15) is 11.1 Å². The number of para-hydroxylation sites is 1. The van der Waals surface area contributed by atoms with E-state index in [1.54, 1.807) is 25.1 Å². The van der Waals surface area contributed by atoms with Crippen molar-refractivity contribution in [1.82, 2.24) is 4.31 Å². The molecule has 2 aromatic carbocycles. The summed E-state index contributed by atoms with van der Waals surface area (Å²) in [5.41, 5.74) is 2.03. The molecule has 6 nitrogen and oxygen atoms in total. The van der Waals surface area contributed by atoms with Gasteiger partial charge in [-0.2, -0.15) is 0 Å². The summed E-state index contributed by atoms with van der Waals surface area (Å²) in [5, 5.41) is 2.73. The standard InChI is InChI=1S/C18H21BrN2O4S/c1-12-9-14(26(23,24)21(3)4)10-16(13(12)2)20-18(22)11-25-17-8-6-5-7-15(17)19/h5-10H,11H2,1-4H3,(H,20,22). The van der Waals surface area contributed by atoms with Crippen molar-refractivity contribution >= 4 is 37.5 Å². The van der Waals surface area contributed by atoms with Gasteiger partial charge in [0.15, 0.2) is 6.61 Å². The number of aryl methyl sites for hydroxylation is 1. The van der Waals surface area contributed by atoms with E-state index in [4.69, 9.17) is 4.74 Å². The summed E-state index contributed by atoms with van der Waals surface area (Å²) in [6, 6.07) is 10.3. The maximum absolute atomic E-state index is 12.4. The number of benzene rings is 2. The normalized spacial score (nSPS) is 11.5. The Hall–Kier alpha value is -1.90. The van der Waals surface area contributed by atoms with Crippen LogP contribution in [0.4, 0.5) is 5.69 Å². The van der Waals surface area contributed by atoms with E-state index < -0.39 is 10.0 Å². The molecule has 0 aliphatic heterocycles. The van der Waals surface area contributed by atoms with Gasteiger partial charge in [-0.25, -0.2) is 12.7 Å². The third-order valence-corrected chi connectivity index (χ3v) is 6.34. The zero-order chi connectivity index (χ0) is 19.5. The third kappa shape index (κ3) is 4.63. The Morgan fingerprint density at radius 1 is 1.19 bits per heavy atom. The fourth-order valence-corrected chi connectivity index (χ4v) is 3.62. The van der Waals surface area contributed by atoms with Gasteiger partial charge in [0.2, 0.25) is 10.0 Å². The molecule has 0 heterocycles. The second-order valence-corrected chi connectivity index (χ2v) is 8.97. The van der Waals surface area contributed by atoms with Crippen LogP contribution >= 0.6 is 15.9 Å². The van der Waals surface area contributed by atoms with Crippen molar-refractivity contribution in [2.75, 3.05) is 26.0 Å². The second-order valence-electron chi connectivity index (χ2n) is 5.97. The number of sulfonamides is 1. The maximum Gasteiger partial charge on any atom is 0.262 e. The molecule has 0 unspecified atom stereocenters. The number of ether oxygens (including phenoxy) is 1. The molecule has 0 aromatic heterocycles. The SMILES string of the molecule is Cc1cc(S(=O)(=O)N(C)C)cc(NC(=O)COc2ccccc2Br)c1C. The Balaban J connectivity index is 2.19.